The van der Waals surface area contributed by atoms with E-state index in [9.17, 15) is 35.3 Å². The molecular weight excluding hydrogens is 579 g/mol. The van der Waals surface area contributed by atoms with Crippen molar-refractivity contribution < 1.29 is 54.3 Å². The number of ether oxygens (including phenoxy) is 4. The summed E-state index contributed by atoms with van der Waals surface area (Å²) in [6, 6.07) is 5.58. The average molecular weight is 595 g/mol. The van der Waals surface area contributed by atoms with Crippen molar-refractivity contribution in [1.82, 2.24) is 0 Å². The summed E-state index contributed by atoms with van der Waals surface area (Å²) in [5, 5.41) is -5.82. The second kappa shape index (κ2) is 7.92. The number of alkyl halides is 4. The molecule has 178 valence electrons. The average Bonchev–Trinajstić information content (AvgIpc) is 3.26. The number of carbonyl (C=O) groups excluding carboxylic acids is 1. The van der Waals surface area contributed by atoms with Gasteiger partial charge >= 0.3 is 17.1 Å². The number of hydrogen-bond donors (Lipinski definition) is 0. The molecule has 0 aromatic heterocycles. The van der Waals surface area contributed by atoms with E-state index >= 15 is 0 Å². The Balaban J connectivity index is 1.35. The van der Waals surface area contributed by atoms with Crippen LogP contribution in [0.2, 0.25) is 0 Å². The van der Waals surface area contributed by atoms with E-state index in [0.717, 1.165) is 9.13 Å². The first-order valence-electron chi connectivity index (χ1n) is 9.41. The van der Waals surface area contributed by atoms with Gasteiger partial charge in [0.15, 0.2) is 10.1 Å². The van der Waals surface area contributed by atoms with Gasteiger partial charge in [0.1, 0.15) is 11.9 Å². The number of esters is 1. The topological polar surface area (TPSA) is 111 Å². The fourth-order valence-electron chi connectivity index (χ4n) is 4.04. The number of carbonyl (C=O) groups is 1. The second-order valence-electron chi connectivity index (χ2n) is 7.73. The third-order valence-electron chi connectivity index (χ3n) is 5.73. The molecule has 3 aliphatic heterocycles. The number of rotatable bonds is 6. The van der Waals surface area contributed by atoms with Gasteiger partial charge in [0, 0.05) is 12.0 Å². The molecule has 1 spiro atoms. The van der Waals surface area contributed by atoms with Gasteiger partial charge in [-0.15, -0.1) is 0 Å². The molecule has 4 unspecified atom stereocenters. The van der Waals surface area contributed by atoms with Gasteiger partial charge in [-0.1, -0.05) is 12.1 Å². The lowest BCUT2D eigenvalue weighted by molar-refractivity contribution is -0.232. The minimum absolute atomic E-state index is 0.101. The van der Waals surface area contributed by atoms with Crippen LogP contribution in [0, 0.1) is 9.49 Å². The predicted molar refractivity (Wildman–Crippen MR) is 104 cm³/mol. The van der Waals surface area contributed by atoms with Gasteiger partial charge in [0.05, 0.1) is 35.2 Å². The molecule has 0 radical (unpaired) electrons. The van der Waals surface area contributed by atoms with Gasteiger partial charge in [-0.05, 0) is 35.1 Å². The van der Waals surface area contributed by atoms with Crippen LogP contribution in [0.5, 0.6) is 5.75 Å². The van der Waals surface area contributed by atoms with E-state index in [1.807, 2.05) is 18.2 Å². The van der Waals surface area contributed by atoms with Crippen LogP contribution >= 0.6 is 22.6 Å². The van der Waals surface area contributed by atoms with E-state index in [0.29, 0.717) is 5.75 Å². The molecule has 1 aromatic carbocycles. The zero-order chi connectivity index (χ0) is 23.5. The summed E-state index contributed by atoms with van der Waals surface area (Å²) in [5.74, 6) is -7.45. The Kier molecular flexibility index (Phi) is 5.92. The first kappa shape index (κ1) is 23.9. The summed E-state index contributed by atoms with van der Waals surface area (Å²) in [6.45, 7) is -0.922. The predicted octanol–water partition coefficient (Wildman–Crippen LogP) is 2.78. The van der Waals surface area contributed by atoms with Gasteiger partial charge < -0.3 is 23.5 Å². The zero-order valence-electron chi connectivity index (χ0n) is 16.1. The monoisotopic (exact) mass is 595 g/mol. The highest BCUT2D eigenvalue weighted by Crippen LogP contribution is 2.51. The third kappa shape index (κ3) is 3.86. The van der Waals surface area contributed by atoms with Crippen molar-refractivity contribution in [2.24, 2.45) is 5.92 Å². The summed E-state index contributed by atoms with van der Waals surface area (Å²) in [4.78, 5) is 12.3. The molecule has 0 aliphatic carbocycles. The van der Waals surface area contributed by atoms with Crippen LogP contribution in [0.15, 0.2) is 18.2 Å². The minimum atomic E-state index is -6.60. The molecule has 2 bridgehead atoms. The second-order valence-corrected chi connectivity index (χ2v) is 10.3. The van der Waals surface area contributed by atoms with E-state index in [4.69, 9.17) is 14.2 Å². The molecule has 32 heavy (non-hydrogen) atoms. The van der Waals surface area contributed by atoms with Crippen LogP contribution in [0.25, 0.3) is 0 Å². The van der Waals surface area contributed by atoms with Crippen molar-refractivity contribution >= 4 is 38.7 Å². The van der Waals surface area contributed by atoms with E-state index < -0.39 is 64.2 Å². The lowest BCUT2D eigenvalue weighted by Gasteiger charge is -2.40. The van der Waals surface area contributed by atoms with Crippen LogP contribution in [0.4, 0.5) is 17.6 Å². The maximum atomic E-state index is 13.5. The van der Waals surface area contributed by atoms with Gasteiger partial charge in [0.25, 0.3) is 0 Å². The summed E-state index contributed by atoms with van der Waals surface area (Å²) in [6.07, 6.45) is -2.89. The third-order valence-corrected chi connectivity index (χ3v) is 7.51. The molecule has 3 aliphatic rings. The molecule has 0 N–H and O–H groups in total. The lowest BCUT2D eigenvalue weighted by Crippen LogP contribution is -2.52. The van der Waals surface area contributed by atoms with Gasteiger partial charge in [-0.25, -0.2) is 8.42 Å². The molecule has 4 atom stereocenters. The highest BCUT2D eigenvalue weighted by atomic mass is 127. The summed E-state index contributed by atoms with van der Waals surface area (Å²) in [5.41, 5.74) is 0.860. The molecule has 2 fully saturated rings. The number of fused-ring (bicyclic) bond motifs is 4. The van der Waals surface area contributed by atoms with Crippen LogP contribution < -0.4 is 4.74 Å². The van der Waals surface area contributed by atoms with E-state index in [1.54, 1.807) is 0 Å². The Morgan fingerprint density at radius 1 is 1.31 bits per heavy atom. The fourth-order valence-corrected chi connectivity index (χ4v) is 5.17. The zero-order valence-corrected chi connectivity index (χ0v) is 19.0. The molecule has 0 saturated carbocycles. The number of hydrogen-bond acceptors (Lipinski definition) is 8. The molecule has 14 heteroatoms. The Hall–Kier alpha value is -1.23. The molecule has 0 amide bonds. The van der Waals surface area contributed by atoms with Crippen LogP contribution in [-0.2, 0) is 35.7 Å². The lowest BCUT2D eigenvalue weighted by atomic mass is 9.84. The van der Waals surface area contributed by atoms with Gasteiger partial charge in [-0.3, -0.25) is 4.79 Å². The van der Waals surface area contributed by atoms with Crippen molar-refractivity contribution in [3.8, 4) is 5.75 Å². The van der Waals surface area contributed by atoms with Crippen molar-refractivity contribution in [3.05, 3.63) is 27.3 Å². The molecule has 1 aromatic rings. The summed E-state index contributed by atoms with van der Waals surface area (Å²) >= 11 is 2.12. The molecule has 3 heterocycles. The normalized spacial score (nSPS) is 29.6. The Labute approximate surface area is 193 Å². The maximum Gasteiger partial charge on any atom is 0.396 e. The molecule has 8 nitrogen and oxygen atoms in total. The minimum Gasteiger partial charge on any atom is -0.743 e. The first-order chi connectivity index (χ1) is 14.8. The quantitative estimate of drug-likeness (QED) is 0.214. The van der Waals surface area contributed by atoms with Crippen molar-refractivity contribution in [2.45, 2.75) is 55.0 Å². The van der Waals surface area contributed by atoms with Crippen LogP contribution in [-0.4, -0.2) is 54.7 Å². The van der Waals surface area contributed by atoms with E-state index in [-0.39, 0.29) is 19.4 Å². The SMILES string of the molecule is O=C(OCCC(F)(F)C(F)(F)S(=O)(=O)[O-])C1CC2OC1CC21OCc2cccc(I)c2O1. The first-order valence-corrected chi connectivity index (χ1v) is 11.9. The molecule has 2 saturated heterocycles. The number of halogens is 5. The van der Waals surface area contributed by atoms with Crippen molar-refractivity contribution in [2.75, 3.05) is 6.61 Å². The summed E-state index contributed by atoms with van der Waals surface area (Å²) in [7, 11) is -6.60. The maximum absolute atomic E-state index is 13.5. The van der Waals surface area contributed by atoms with Crippen LogP contribution in [0.1, 0.15) is 24.8 Å². The number of para-hydroxylation sites is 1. The highest BCUT2D eigenvalue weighted by Gasteiger charge is 2.63. The van der Waals surface area contributed by atoms with E-state index in [2.05, 4.69) is 27.3 Å². The van der Waals surface area contributed by atoms with Crippen molar-refractivity contribution in [1.29, 1.82) is 0 Å². The van der Waals surface area contributed by atoms with E-state index in [1.165, 1.54) is 0 Å². The molecule has 4 rings (SSSR count). The molecular formula is C18H16F4IO8S-. The largest absolute Gasteiger partial charge is 0.743 e. The van der Waals surface area contributed by atoms with Crippen molar-refractivity contribution in [3.63, 3.8) is 0 Å². The van der Waals surface area contributed by atoms with Gasteiger partial charge in [0.2, 0.25) is 5.79 Å². The smallest absolute Gasteiger partial charge is 0.396 e. The fraction of sp³-hybridized carbons (Fsp3) is 0.611. The Morgan fingerprint density at radius 3 is 2.66 bits per heavy atom. The van der Waals surface area contributed by atoms with Crippen LogP contribution in [0.3, 0.4) is 0 Å². The standard InChI is InChI=1S/C18H17F4IO8S/c19-17(20,18(21,22)32(25,26)27)4-5-28-15(24)10-6-13-16(7-12(10)30-13)29-8-9-2-1-3-11(23)14(9)31-16/h1-3,10,12-13H,4-8H2,(H,25,26,27)/p-1. The van der Waals surface area contributed by atoms with Gasteiger partial charge in [-0.2, -0.15) is 17.6 Å². The Bertz CT molecular complexity index is 1040. The summed E-state index contributed by atoms with van der Waals surface area (Å²) < 4.78 is 108. The highest BCUT2D eigenvalue weighted by molar-refractivity contribution is 14.1. The Morgan fingerprint density at radius 2 is 2.03 bits per heavy atom. The number of benzene rings is 1.